The fourth-order valence-electron chi connectivity index (χ4n) is 4.81. The van der Waals surface area contributed by atoms with Crippen LogP contribution in [0.25, 0.3) is 0 Å². The normalized spacial score (nSPS) is 14.3. The van der Waals surface area contributed by atoms with Gasteiger partial charge in [-0.05, 0) is 89.9 Å². The lowest BCUT2D eigenvalue weighted by molar-refractivity contribution is -0.161. The number of nitrogens with two attached hydrogens (primary N) is 1. The van der Waals surface area contributed by atoms with Gasteiger partial charge in [0.1, 0.15) is 6.61 Å². The lowest BCUT2D eigenvalue weighted by atomic mass is 10.1. The Morgan fingerprint density at radius 3 is 1.57 bits per heavy atom. The number of carbonyl (C=O) groups is 2. The molecule has 0 rings (SSSR count). The number of hydrogen-bond donors (Lipinski definition) is 2. The molecule has 0 spiro atoms. The van der Waals surface area contributed by atoms with Crippen LogP contribution in [0.1, 0.15) is 142 Å². The molecule has 53 heavy (non-hydrogen) atoms. The van der Waals surface area contributed by atoms with Crippen LogP contribution in [0.15, 0.2) is 85.1 Å². The molecule has 302 valence electrons. The van der Waals surface area contributed by atoms with Gasteiger partial charge in [0.25, 0.3) is 0 Å². The Kier molecular flexibility index (Phi) is 36.8. The zero-order chi connectivity index (χ0) is 38.9. The summed E-state index contributed by atoms with van der Waals surface area (Å²) in [4.78, 5) is 34.8. The summed E-state index contributed by atoms with van der Waals surface area (Å²) in [6.45, 7) is 3.48. The minimum Gasteiger partial charge on any atom is -0.462 e. The summed E-state index contributed by atoms with van der Waals surface area (Å²) >= 11 is 0. The van der Waals surface area contributed by atoms with Gasteiger partial charge in [0.2, 0.25) is 0 Å². The van der Waals surface area contributed by atoms with Gasteiger partial charge >= 0.3 is 19.8 Å². The zero-order valence-electron chi connectivity index (χ0n) is 33.0. The van der Waals surface area contributed by atoms with Crippen molar-refractivity contribution in [1.82, 2.24) is 0 Å². The van der Waals surface area contributed by atoms with Crippen molar-refractivity contribution in [2.24, 2.45) is 5.73 Å². The third kappa shape index (κ3) is 38.7. The van der Waals surface area contributed by atoms with Crippen LogP contribution < -0.4 is 5.73 Å². The number of unbranched alkanes of at least 4 members (excludes halogenated alkanes) is 9. The third-order valence-electron chi connectivity index (χ3n) is 7.77. The summed E-state index contributed by atoms with van der Waals surface area (Å²) in [6, 6.07) is 0. The minimum absolute atomic E-state index is 0.0384. The molecule has 3 N–H and O–H groups in total. The maximum atomic E-state index is 12.5. The molecule has 0 radical (unpaired) electrons. The van der Waals surface area contributed by atoms with Crippen molar-refractivity contribution in [2.75, 3.05) is 26.4 Å². The van der Waals surface area contributed by atoms with Crippen molar-refractivity contribution >= 4 is 19.8 Å². The van der Waals surface area contributed by atoms with Crippen molar-refractivity contribution < 1.29 is 37.6 Å². The van der Waals surface area contributed by atoms with Crippen LogP contribution in [0.2, 0.25) is 0 Å². The van der Waals surface area contributed by atoms with E-state index in [4.69, 9.17) is 24.3 Å². The van der Waals surface area contributed by atoms with Gasteiger partial charge in [-0.2, -0.15) is 0 Å². The predicted molar refractivity (Wildman–Crippen MR) is 219 cm³/mol. The molecule has 0 saturated carbocycles. The quantitative estimate of drug-likeness (QED) is 0.0277. The standard InChI is InChI=1S/C43H72NO8P/c1-3-5-7-9-11-13-15-17-19-20-22-23-25-27-29-31-33-35-42(45)49-39-41(40-51-53(47,48)50-38-37-44)52-43(46)36-34-32-30-28-26-24-21-18-16-14-12-10-8-6-4-2/h6,8,11-14,17-19,21-23,26,28,41H,3-5,7,9-10,15-16,20,24-25,27,29-40,44H2,1-2H3,(H,47,48)/b8-6+,13-11+,14-12+,19-17+,21-18+,23-22+,28-26+/t41-/m1/s1. The molecule has 10 heteroatoms. The first-order chi connectivity index (χ1) is 25.8. The molecule has 0 amide bonds. The number of carbonyl (C=O) groups excluding carboxylic acids is 2. The lowest BCUT2D eigenvalue weighted by Crippen LogP contribution is -2.29. The Hall–Kier alpha value is -2.81. The molecule has 0 aromatic rings. The van der Waals surface area contributed by atoms with Gasteiger partial charge in [-0.15, -0.1) is 0 Å². The van der Waals surface area contributed by atoms with Crippen LogP contribution in [0.5, 0.6) is 0 Å². The summed E-state index contributed by atoms with van der Waals surface area (Å²) < 4.78 is 32.6. The molecule has 0 heterocycles. The fraction of sp³-hybridized carbons (Fsp3) is 0.628. The molecule has 0 aliphatic rings. The minimum atomic E-state index is -4.40. The number of phosphoric ester groups is 1. The smallest absolute Gasteiger partial charge is 0.462 e. The summed E-state index contributed by atoms with van der Waals surface area (Å²) in [6.07, 6.45) is 47.6. The van der Waals surface area contributed by atoms with Crippen LogP contribution in [0.4, 0.5) is 0 Å². The van der Waals surface area contributed by atoms with Gasteiger partial charge in [0.05, 0.1) is 13.2 Å². The Morgan fingerprint density at radius 2 is 1.04 bits per heavy atom. The van der Waals surface area contributed by atoms with E-state index >= 15 is 0 Å². The summed E-state index contributed by atoms with van der Waals surface area (Å²) in [7, 11) is -4.40. The van der Waals surface area contributed by atoms with Crippen LogP contribution in [-0.4, -0.2) is 49.3 Å². The van der Waals surface area contributed by atoms with E-state index in [1.807, 2.05) is 0 Å². The highest BCUT2D eigenvalue weighted by atomic mass is 31.2. The number of hydrogen-bond acceptors (Lipinski definition) is 8. The molecule has 1 unspecified atom stereocenters. The predicted octanol–water partition coefficient (Wildman–Crippen LogP) is 11.3. The molecule has 0 aliphatic carbocycles. The molecule has 0 aliphatic heterocycles. The Bertz CT molecular complexity index is 1140. The highest BCUT2D eigenvalue weighted by Gasteiger charge is 2.25. The number of ether oxygens (including phenoxy) is 2. The van der Waals surface area contributed by atoms with E-state index in [0.717, 1.165) is 77.0 Å². The second-order valence-electron chi connectivity index (χ2n) is 12.8. The Balaban J connectivity index is 4.33. The van der Waals surface area contributed by atoms with Crippen LogP contribution in [0.3, 0.4) is 0 Å². The molecular formula is C43H72NO8P. The first-order valence-electron chi connectivity index (χ1n) is 20.1. The lowest BCUT2D eigenvalue weighted by Gasteiger charge is -2.19. The Labute approximate surface area is 322 Å². The second kappa shape index (κ2) is 38.9. The average molecular weight is 762 g/mol. The third-order valence-corrected chi connectivity index (χ3v) is 8.75. The highest BCUT2D eigenvalue weighted by molar-refractivity contribution is 7.47. The maximum Gasteiger partial charge on any atom is 0.472 e. The van der Waals surface area contributed by atoms with Gasteiger partial charge in [-0.25, -0.2) is 4.57 Å². The first kappa shape index (κ1) is 50.2. The number of rotatable bonds is 36. The van der Waals surface area contributed by atoms with Crippen molar-refractivity contribution in [2.45, 2.75) is 148 Å². The van der Waals surface area contributed by atoms with Gasteiger partial charge in [-0.1, -0.05) is 125 Å². The highest BCUT2D eigenvalue weighted by Crippen LogP contribution is 2.43. The van der Waals surface area contributed by atoms with Gasteiger partial charge in [0.15, 0.2) is 6.10 Å². The van der Waals surface area contributed by atoms with Crippen molar-refractivity contribution in [3.8, 4) is 0 Å². The molecule has 0 fully saturated rings. The van der Waals surface area contributed by atoms with Crippen LogP contribution >= 0.6 is 7.82 Å². The van der Waals surface area contributed by atoms with Gasteiger partial charge < -0.3 is 20.1 Å². The van der Waals surface area contributed by atoms with E-state index in [1.54, 1.807) is 0 Å². The summed E-state index contributed by atoms with van der Waals surface area (Å²) in [5.74, 6) is -0.913. The van der Waals surface area contributed by atoms with Crippen molar-refractivity contribution in [3.05, 3.63) is 85.1 Å². The second-order valence-corrected chi connectivity index (χ2v) is 14.2. The molecule has 9 nitrogen and oxygen atoms in total. The SMILES string of the molecule is CC/C=C/C/C=C/C/C=C/C/C=C/CCCCC(=O)O[C@H](COC(=O)CCCCCC/C=C/C/C=C/C/C=C/CCCCC)COP(=O)(O)OCCN. The molecule has 0 aromatic heterocycles. The number of esters is 2. The van der Waals surface area contributed by atoms with Crippen molar-refractivity contribution in [1.29, 1.82) is 0 Å². The first-order valence-corrected chi connectivity index (χ1v) is 21.6. The summed E-state index contributed by atoms with van der Waals surface area (Å²) in [5, 5.41) is 0. The van der Waals surface area contributed by atoms with Crippen LogP contribution in [-0.2, 0) is 32.7 Å². The average Bonchev–Trinajstić information content (AvgIpc) is 3.14. The Morgan fingerprint density at radius 1 is 0.585 bits per heavy atom. The maximum absolute atomic E-state index is 12.5. The van der Waals surface area contributed by atoms with E-state index in [0.29, 0.717) is 12.8 Å². The van der Waals surface area contributed by atoms with E-state index in [2.05, 4.69) is 98.9 Å². The van der Waals surface area contributed by atoms with E-state index in [-0.39, 0.29) is 32.6 Å². The molecule has 0 bridgehead atoms. The van der Waals surface area contributed by atoms with E-state index in [1.165, 1.54) is 25.7 Å². The number of phosphoric acid groups is 1. The molecular weight excluding hydrogens is 689 g/mol. The monoisotopic (exact) mass is 761 g/mol. The van der Waals surface area contributed by atoms with E-state index < -0.39 is 32.5 Å². The van der Waals surface area contributed by atoms with Crippen LogP contribution in [0, 0.1) is 0 Å². The zero-order valence-corrected chi connectivity index (χ0v) is 33.9. The largest absolute Gasteiger partial charge is 0.472 e. The van der Waals surface area contributed by atoms with Crippen molar-refractivity contribution in [3.63, 3.8) is 0 Å². The van der Waals surface area contributed by atoms with E-state index in [9.17, 15) is 19.0 Å². The van der Waals surface area contributed by atoms with Gasteiger partial charge in [-0.3, -0.25) is 18.6 Å². The molecule has 2 atom stereocenters. The fourth-order valence-corrected chi connectivity index (χ4v) is 5.57. The topological polar surface area (TPSA) is 134 Å². The molecule has 0 saturated heterocycles. The number of allylic oxidation sites excluding steroid dienone is 14. The molecule has 0 aromatic carbocycles. The summed E-state index contributed by atoms with van der Waals surface area (Å²) in [5.41, 5.74) is 5.33. The van der Waals surface area contributed by atoms with Gasteiger partial charge in [0, 0.05) is 19.4 Å².